The largest absolute Gasteiger partial charge is 0.444 e. The highest BCUT2D eigenvalue weighted by atomic mass is 35.5. The Morgan fingerprint density at radius 2 is 1.93 bits per heavy atom. The fourth-order valence-corrected chi connectivity index (χ4v) is 7.25. The average Bonchev–Trinajstić information content (AvgIpc) is 3.42. The van der Waals surface area contributed by atoms with E-state index in [1.54, 1.807) is 23.4 Å². The maximum absolute atomic E-state index is 16.7. The van der Waals surface area contributed by atoms with E-state index >= 15 is 4.39 Å². The van der Waals surface area contributed by atoms with Gasteiger partial charge in [-0.3, -0.25) is 0 Å². The van der Waals surface area contributed by atoms with E-state index in [9.17, 15) is 10.1 Å². The molecule has 226 valence electrons. The summed E-state index contributed by atoms with van der Waals surface area (Å²) in [4.78, 5) is 24.1. The Hall–Kier alpha value is -3.58. The number of hydrogen-bond acceptors (Lipinski definition) is 6. The van der Waals surface area contributed by atoms with Crippen LogP contribution in [0.2, 0.25) is 10.0 Å². The van der Waals surface area contributed by atoms with Crippen molar-refractivity contribution >= 4 is 73.8 Å². The van der Waals surface area contributed by atoms with Crippen LogP contribution in [0.25, 0.3) is 43.8 Å². The second-order valence-corrected chi connectivity index (χ2v) is 13.5. The maximum Gasteiger partial charge on any atom is 0.410 e. The molecule has 0 bridgehead atoms. The van der Waals surface area contributed by atoms with Crippen molar-refractivity contribution in [2.75, 3.05) is 12.8 Å². The average molecular weight is 651 g/mol. The molecule has 7 nitrogen and oxygen atoms in total. The van der Waals surface area contributed by atoms with Gasteiger partial charge >= 0.3 is 6.09 Å². The van der Waals surface area contributed by atoms with E-state index in [2.05, 4.69) is 6.07 Å². The predicted molar refractivity (Wildman–Crippen MR) is 175 cm³/mol. The molecule has 11 heteroatoms. The Bertz CT molecular complexity index is 1980. The number of hydrogen-bond donors (Lipinski definition) is 0. The third-order valence-electron chi connectivity index (χ3n) is 8.01. The highest BCUT2D eigenvalue weighted by molar-refractivity contribution is 7.98. The number of carbonyl (C=O) groups excluding carboxylic acids is 1. The van der Waals surface area contributed by atoms with Crippen LogP contribution in [0.4, 0.5) is 9.18 Å². The quantitative estimate of drug-likeness (QED) is 0.180. The summed E-state index contributed by atoms with van der Waals surface area (Å²) in [6, 6.07) is 14.7. The Kier molecular flexibility index (Phi) is 8.12. The first kappa shape index (κ1) is 30.4. The topological polar surface area (TPSA) is 84.0 Å². The van der Waals surface area contributed by atoms with Crippen LogP contribution >= 0.6 is 35.0 Å². The first-order valence-corrected chi connectivity index (χ1v) is 16.3. The van der Waals surface area contributed by atoms with Crippen LogP contribution in [0, 0.1) is 17.1 Å². The van der Waals surface area contributed by atoms with Gasteiger partial charge in [-0.2, -0.15) is 5.26 Å². The molecule has 0 spiro atoms. The molecule has 2 aromatic heterocycles. The number of ether oxygens (including phenoxy) is 1. The monoisotopic (exact) mass is 649 g/mol. The molecule has 2 atom stereocenters. The number of likely N-dealkylation sites (tertiary alicyclic amines) is 1. The summed E-state index contributed by atoms with van der Waals surface area (Å²) in [5.41, 5.74) is 1.73. The molecule has 0 N–H and O–H groups in total. The zero-order valence-electron chi connectivity index (χ0n) is 24.7. The maximum atomic E-state index is 16.7. The van der Waals surface area contributed by atoms with Crippen molar-refractivity contribution in [1.82, 2.24) is 19.4 Å². The number of benzene rings is 3. The van der Waals surface area contributed by atoms with Crippen LogP contribution < -0.4 is 0 Å². The lowest BCUT2D eigenvalue weighted by atomic mass is 9.94. The molecular weight excluding hydrogens is 620 g/mol. The number of thioether (sulfide) groups is 1. The highest BCUT2D eigenvalue weighted by Crippen LogP contribution is 2.44. The zero-order chi connectivity index (χ0) is 31.3. The summed E-state index contributed by atoms with van der Waals surface area (Å²) in [7, 11) is 0. The first-order valence-electron chi connectivity index (χ1n) is 14.3. The van der Waals surface area contributed by atoms with Gasteiger partial charge in [0.2, 0.25) is 0 Å². The van der Waals surface area contributed by atoms with Crippen molar-refractivity contribution < 1.29 is 13.9 Å². The summed E-state index contributed by atoms with van der Waals surface area (Å²) in [6.45, 7) is 5.87. The smallest absolute Gasteiger partial charge is 0.410 e. The van der Waals surface area contributed by atoms with Crippen molar-refractivity contribution in [1.29, 1.82) is 5.26 Å². The van der Waals surface area contributed by atoms with E-state index < -0.39 is 17.5 Å². The van der Waals surface area contributed by atoms with Gasteiger partial charge in [0.1, 0.15) is 21.7 Å². The Balaban J connectivity index is 1.49. The minimum Gasteiger partial charge on any atom is -0.444 e. The number of fused-ring (bicyclic) bond motifs is 4. The number of carbonyl (C=O) groups is 1. The normalized spacial score (nSPS) is 17.4. The molecule has 1 amide bonds. The number of halogens is 3. The molecule has 5 aromatic rings. The lowest BCUT2D eigenvalue weighted by molar-refractivity contribution is 0.00618. The molecule has 0 aliphatic carbocycles. The van der Waals surface area contributed by atoms with Gasteiger partial charge in [-0.1, -0.05) is 53.5 Å². The van der Waals surface area contributed by atoms with Crippen molar-refractivity contribution in [2.45, 2.75) is 62.7 Å². The lowest BCUT2D eigenvalue weighted by Crippen LogP contribution is -2.48. The molecule has 1 unspecified atom stereocenters. The van der Waals surface area contributed by atoms with Crippen LogP contribution in [-0.4, -0.2) is 50.0 Å². The number of piperidine rings is 1. The summed E-state index contributed by atoms with van der Waals surface area (Å²) in [6.07, 6.45) is 4.48. The van der Waals surface area contributed by atoms with Gasteiger partial charge in [-0.15, -0.1) is 11.8 Å². The number of nitriles is 1. The van der Waals surface area contributed by atoms with Gasteiger partial charge in [0, 0.05) is 40.0 Å². The summed E-state index contributed by atoms with van der Waals surface area (Å²) >= 11 is 14.9. The van der Waals surface area contributed by atoms with Crippen LogP contribution in [0.1, 0.15) is 46.1 Å². The van der Waals surface area contributed by atoms with Crippen LogP contribution in [0.5, 0.6) is 0 Å². The number of pyridine rings is 1. The molecule has 44 heavy (non-hydrogen) atoms. The third-order valence-corrected chi connectivity index (χ3v) is 9.29. The van der Waals surface area contributed by atoms with Gasteiger partial charge < -0.3 is 14.2 Å². The number of aromatic nitrogens is 3. The van der Waals surface area contributed by atoms with Crippen molar-refractivity contribution in [2.24, 2.45) is 0 Å². The van der Waals surface area contributed by atoms with Crippen molar-refractivity contribution in [3.8, 4) is 17.2 Å². The molecule has 1 saturated heterocycles. The number of imidazole rings is 1. The van der Waals surface area contributed by atoms with Gasteiger partial charge in [-0.25, -0.2) is 19.2 Å². The number of nitrogens with zero attached hydrogens (tertiary/aromatic N) is 5. The van der Waals surface area contributed by atoms with E-state index in [0.717, 1.165) is 5.39 Å². The summed E-state index contributed by atoms with van der Waals surface area (Å²) in [5, 5.41) is 13.1. The van der Waals surface area contributed by atoms with Gasteiger partial charge in [0.15, 0.2) is 5.82 Å². The standard InChI is InChI=1S/C33H30Cl2FN5O2S/c1-33(2,3)43-32(42)40-14-12-20(15-19(40)11-13-37)41-17-38-29-30(41)22-16-24(35)26(27(36)28(22)39-31(29)44-4)21-9-5-7-18-8-6-10-23(34)25(18)21/h5-10,16-17,19-20H,11-12,14-15H2,1-4H3/t19-,20?/m1/s1. The first-order chi connectivity index (χ1) is 21.0. The number of rotatable bonds is 4. The summed E-state index contributed by atoms with van der Waals surface area (Å²) < 4.78 is 24.4. The van der Waals surface area contributed by atoms with E-state index in [4.69, 9.17) is 37.9 Å². The Morgan fingerprint density at radius 3 is 2.64 bits per heavy atom. The van der Waals surface area contributed by atoms with E-state index in [-0.39, 0.29) is 34.6 Å². The fourth-order valence-electron chi connectivity index (χ4n) is 6.15. The molecule has 1 fully saturated rings. The van der Waals surface area contributed by atoms with E-state index in [1.165, 1.54) is 11.8 Å². The molecule has 0 saturated carbocycles. The minimum absolute atomic E-state index is 0.101. The molecule has 6 rings (SSSR count). The van der Waals surface area contributed by atoms with Gasteiger partial charge in [0.05, 0.1) is 29.4 Å². The van der Waals surface area contributed by atoms with Crippen LogP contribution in [-0.2, 0) is 4.74 Å². The van der Waals surface area contributed by atoms with Crippen molar-refractivity contribution in [3.05, 3.63) is 64.7 Å². The fraction of sp³-hybridized carbons (Fsp3) is 0.333. The van der Waals surface area contributed by atoms with Gasteiger partial charge in [0.25, 0.3) is 0 Å². The second-order valence-electron chi connectivity index (χ2n) is 11.9. The van der Waals surface area contributed by atoms with Gasteiger partial charge in [-0.05, 0) is 63.0 Å². The second kappa shape index (κ2) is 11.7. The molecule has 1 aliphatic rings. The Labute approximate surface area is 268 Å². The molecular formula is C33H30Cl2FN5O2S. The van der Waals surface area contributed by atoms with Crippen molar-refractivity contribution in [3.63, 3.8) is 0 Å². The lowest BCUT2D eigenvalue weighted by Gasteiger charge is -2.39. The number of amides is 1. The minimum atomic E-state index is -0.647. The summed E-state index contributed by atoms with van der Waals surface area (Å²) in [5.74, 6) is -0.535. The van der Waals surface area contributed by atoms with Crippen LogP contribution in [0.3, 0.4) is 0 Å². The zero-order valence-corrected chi connectivity index (χ0v) is 27.0. The molecule has 3 aromatic carbocycles. The molecule has 0 radical (unpaired) electrons. The Morgan fingerprint density at radius 1 is 1.18 bits per heavy atom. The molecule has 3 heterocycles. The van der Waals surface area contributed by atoms with E-state index in [0.29, 0.717) is 56.8 Å². The molecule has 1 aliphatic heterocycles. The third kappa shape index (κ3) is 5.33. The highest BCUT2D eigenvalue weighted by Gasteiger charge is 2.36. The van der Waals surface area contributed by atoms with E-state index in [1.807, 2.05) is 61.9 Å². The predicted octanol–water partition coefficient (Wildman–Crippen LogP) is 9.43. The SMILES string of the molecule is CSc1nc2c(F)c(-c3cccc4cccc(Cl)c34)c(Cl)cc2c2c1ncn2C1CCN(C(=O)OC(C)(C)C)[C@H](CC#N)C1. The van der Waals surface area contributed by atoms with Crippen LogP contribution in [0.15, 0.2) is 53.8 Å².